The number of hydrogen-bond acceptors (Lipinski definition) is 6. The van der Waals surface area contributed by atoms with E-state index in [2.05, 4.69) is 15.5 Å². The summed E-state index contributed by atoms with van der Waals surface area (Å²) in [5.74, 6) is 0. The number of nitrogens with one attached hydrogen (secondary N) is 1. The molecule has 0 saturated carbocycles. The van der Waals surface area contributed by atoms with E-state index in [1.54, 1.807) is 12.1 Å². The molecular weight excluding hydrogens is 318 g/mol. The lowest BCUT2D eigenvalue weighted by Gasteiger charge is -2.04. The maximum atomic E-state index is 11.7. The molecule has 2 aromatic rings. The van der Waals surface area contributed by atoms with Gasteiger partial charge in [0.2, 0.25) is 5.13 Å². The fourth-order valence-electron chi connectivity index (χ4n) is 1.50. The van der Waals surface area contributed by atoms with Crippen molar-refractivity contribution in [3.05, 3.63) is 39.9 Å². The molecule has 0 bridgehead atoms. The molecule has 0 radical (unpaired) electrons. The van der Waals surface area contributed by atoms with Crippen molar-refractivity contribution in [3.8, 4) is 0 Å². The molecule has 106 valence electrons. The topological polar surface area (TPSA) is 71.4 Å². The molecule has 0 fully saturated rings. The number of nitrogens with zero attached hydrogens (tertiary/aromatic N) is 2. The Morgan fingerprint density at radius 3 is 2.80 bits per heavy atom. The van der Waals surface area contributed by atoms with Crippen molar-refractivity contribution in [1.82, 2.24) is 4.98 Å². The van der Waals surface area contributed by atoms with Gasteiger partial charge in [-0.1, -0.05) is 17.7 Å². The highest BCUT2D eigenvalue weighted by molar-refractivity contribution is 7.90. The first-order valence-electron chi connectivity index (χ1n) is 5.57. The smallest absolute Gasteiger partial charge is 0.203 e. The second kappa shape index (κ2) is 5.90. The number of aromatic nitrogens is 1. The third-order valence-corrected chi connectivity index (χ3v) is 4.61. The van der Waals surface area contributed by atoms with Crippen LogP contribution in [0.15, 0.2) is 33.6 Å². The summed E-state index contributed by atoms with van der Waals surface area (Å²) in [6.45, 7) is 1.88. The molecule has 1 N–H and O–H groups in total. The molecule has 0 atom stereocenters. The summed E-state index contributed by atoms with van der Waals surface area (Å²) in [5.41, 5.74) is 4.13. The third-order valence-electron chi connectivity index (χ3n) is 2.36. The molecule has 0 aliphatic carbocycles. The Balaban J connectivity index is 2.25. The predicted octanol–water partition coefficient (Wildman–Crippen LogP) is 2.95. The van der Waals surface area contributed by atoms with E-state index >= 15 is 0 Å². The zero-order valence-electron chi connectivity index (χ0n) is 10.8. The lowest BCUT2D eigenvalue weighted by Crippen LogP contribution is -2.02. The number of thiazole rings is 1. The summed E-state index contributed by atoms with van der Waals surface area (Å²) in [5, 5.41) is 6.90. The highest BCUT2D eigenvalue weighted by atomic mass is 35.5. The molecule has 0 aliphatic heterocycles. The van der Waals surface area contributed by atoms with Crippen LogP contribution in [0.25, 0.3) is 0 Å². The first-order chi connectivity index (χ1) is 9.36. The second-order valence-corrected chi connectivity index (χ2v) is 7.40. The summed E-state index contributed by atoms with van der Waals surface area (Å²) in [4.78, 5) is 4.33. The minimum absolute atomic E-state index is 0.144. The summed E-state index contributed by atoms with van der Waals surface area (Å²) < 4.78 is 23.4. The van der Waals surface area contributed by atoms with Gasteiger partial charge in [0.1, 0.15) is 0 Å². The Bertz CT molecular complexity index is 754. The van der Waals surface area contributed by atoms with Crippen molar-refractivity contribution >= 4 is 44.1 Å². The maximum Gasteiger partial charge on any atom is 0.203 e. The summed E-state index contributed by atoms with van der Waals surface area (Å²) in [7, 11) is -3.36. The zero-order valence-corrected chi connectivity index (χ0v) is 13.2. The summed E-state index contributed by atoms with van der Waals surface area (Å²) >= 11 is 7.24. The van der Waals surface area contributed by atoms with Gasteiger partial charge in [0.25, 0.3) is 0 Å². The second-order valence-electron chi connectivity index (χ2n) is 4.12. The van der Waals surface area contributed by atoms with Crippen LogP contribution < -0.4 is 5.43 Å². The monoisotopic (exact) mass is 329 g/mol. The average Bonchev–Trinajstić information content (AvgIpc) is 2.76. The molecule has 5 nitrogen and oxygen atoms in total. The highest BCUT2D eigenvalue weighted by Crippen LogP contribution is 2.20. The number of anilines is 1. The first kappa shape index (κ1) is 15.0. The molecule has 0 amide bonds. The Morgan fingerprint density at radius 1 is 1.45 bits per heavy atom. The van der Waals surface area contributed by atoms with E-state index in [0.717, 1.165) is 11.9 Å². The molecule has 1 aromatic heterocycles. The number of rotatable bonds is 4. The fraction of sp³-hybridized carbons (Fsp3) is 0.167. The Labute approximate surface area is 126 Å². The molecule has 0 spiro atoms. The van der Waals surface area contributed by atoms with Gasteiger partial charge in [0.05, 0.1) is 16.8 Å². The highest BCUT2D eigenvalue weighted by Gasteiger charge is 2.12. The van der Waals surface area contributed by atoms with E-state index in [4.69, 9.17) is 11.6 Å². The molecule has 8 heteroatoms. The number of hydrogen-bond donors (Lipinski definition) is 1. The van der Waals surface area contributed by atoms with Gasteiger partial charge in [0, 0.05) is 22.2 Å². The van der Waals surface area contributed by atoms with Crippen molar-refractivity contribution < 1.29 is 8.42 Å². The molecular formula is C12H12ClN3O2S2. The molecule has 0 unspecified atom stereocenters. The van der Waals surface area contributed by atoms with Crippen LogP contribution in [-0.4, -0.2) is 25.9 Å². The normalized spacial score (nSPS) is 11.9. The Hall–Kier alpha value is -1.44. The van der Waals surface area contributed by atoms with E-state index in [-0.39, 0.29) is 4.90 Å². The fourth-order valence-corrected chi connectivity index (χ4v) is 3.26. The molecule has 20 heavy (non-hydrogen) atoms. The number of sulfone groups is 1. The maximum absolute atomic E-state index is 11.7. The standard InChI is InChI=1S/C12H12ClN3O2S2/c1-8-7-19-12(15-8)16-14-6-9-3-4-10(13)5-11(9)20(2,17)18/h3-7H,1-2H3,(H,15,16). The van der Waals surface area contributed by atoms with Crippen LogP contribution in [0.3, 0.4) is 0 Å². The zero-order chi connectivity index (χ0) is 14.8. The molecule has 2 rings (SSSR count). The van der Waals surface area contributed by atoms with Crippen LogP contribution in [0.1, 0.15) is 11.3 Å². The van der Waals surface area contributed by atoms with E-state index < -0.39 is 9.84 Å². The number of halogens is 1. The molecule has 0 saturated heterocycles. The van der Waals surface area contributed by atoms with Crippen LogP contribution in [-0.2, 0) is 9.84 Å². The van der Waals surface area contributed by atoms with Crippen LogP contribution in [0.4, 0.5) is 5.13 Å². The minimum atomic E-state index is -3.36. The van der Waals surface area contributed by atoms with Crippen molar-refractivity contribution in [2.75, 3.05) is 11.7 Å². The quantitative estimate of drug-likeness (QED) is 0.691. The van der Waals surface area contributed by atoms with Crippen molar-refractivity contribution in [1.29, 1.82) is 0 Å². The third kappa shape index (κ3) is 3.78. The lowest BCUT2D eigenvalue weighted by atomic mass is 10.2. The van der Waals surface area contributed by atoms with E-state index in [1.807, 2.05) is 12.3 Å². The lowest BCUT2D eigenvalue weighted by molar-refractivity contribution is 0.602. The Kier molecular flexibility index (Phi) is 4.42. The van der Waals surface area contributed by atoms with Gasteiger partial charge in [-0.15, -0.1) is 11.3 Å². The molecule has 1 heterocycles. The molecule has 1 aromatic carbocycles. The average molecular weight is 330 g/mol. The van der Waals surface area contributed by atoms with Gasteiger partial charge in [0.15, 0.2) is 9.84 Å². The van der Waals surface area contributed by atoms with Crippen LogP contribution in [0.2, 0.25) is 5.02 Å². The van der Waals surface area contributed by atoms with Gasteiger partial charge in [-0.25, -0.2) is 13.4 Å². The van der Waals surface area contributed by atoms with E-state index in [1.165, 1.54) is 23.6 Å². The van der Waals surface area contributed by atoms with Crippen LogP contribution in [0, 0.1) is 6.92 Å². The summed E-state index contributed by atoms with van der Waals surface area (Å²) in [6, 6.07) is 4.63. The number of aryl methyl sites for hydroxylation is 1. The predicted molar refractivity (Wildman–Crippen MR) is 82.6 cm³/mol. The van der Waals surface area contributed by atoms with Gasteiger partial charge in [-0.05, 0) is 19.1 Å². The van der Waals surface area contributed by atoms with E-state index in [9.17, 15) is 8.42 Å². The SMILES string of the molecule is Cc1csc(NN=Cc2ccc(Cl)cc2S(C)(=O)=O)n1. The Morgan fingerprint density at radius 2 is 2.20 bits per heavy atom. The largest absolute Gasteiger partial charge is 0.253 e. The summed E-state index contributed by atoms with van der Waals surface area (Å²) in [6.07, 6.45) is 2.57. The molecule has 0 aliphatic rings. The van der Waals surface area contributed by atoms with Crippen molar-refractivity contribution in [2.24, 2.45) is 5.10 Å². The van der Waals surface area contributed by atoms with Crippen molar-refractivity contribution in [2.45, 2.75) is 11.8 Å². The van der Waals surface area contributed by atoms with Crippen LogP contribution >= 0.6 is 22.9 Å². The van der Waals surface area contributed by atoms with Gasteiger partial charge in [-0.3, -0.25) is 5.43 Å². The number of benzene rings is 1. The first-order valence-corrected chi connectivity index (χ1v) is 8.72. The van der Waals surface area contributed by atoms with Crippen LogP contribution in [0.5, 0.6) is 0 Å². The minimum Gasteiger partial charge on any atom is -0.253 e. The van der Waals surface area contributed by atoms with E-state index in [0.29, 0.717) is 15.7 Å². The van der Waals surface area contributed by atoms with Gasteiger partial charge in [-0.2, -0.15) is 5.10 Å². The van der Waals surface area contributed by atoms with Gasteiger partial charge < -0.3 is 0 Å². The van der Waals surface area contributed by atoms with Crippen molar-refractivity contribution in [3.63, 3.8) is 0 Å². The number of hydrazone groups is 1. The van der Waals surface area contributed by atoms with Gasteiger partial charge >= 0.3 is 0 Å².